The third kappa shape index (κ3) is 2.48. The van der Waals surface area contributed by atoms with Gasteiger partial charge in [0.1, 0.15) is 5.75 Å². The van der Waals surface area contributed by atoms with Crippen LogP contribution in [0.2, 0.25) is 0 Å². The van der Waals surface area contributed by atoms with Gasteiger partial charge in [-0.25, -0.2) is 4.98 Å². The Morgan fingerprint density at radius 2 is 2.12 bits per heavy atom. The zero-order valence-corrected chi connectivity index (χ0v) is 11.0. The van der Waals surface area contributed by atoms with Crippen LogP contribution in [0.15, 0.2) is 23.6 Å². The lowest BCUT2D eigenvalue weighted by Gasteiger charge is -2.14. The number of nitrogens with zero attached hydrogens (tertiary/aromatic N) is 1. The van der Waals surface area contributed by atoms with E-state index < -0.39 is 0 Å². The van der Waals surface area contributed by atoms with E-state index in [-0.39, 0.29) is 6.04 Å². The highest BCUT2D eigenvalue weighted by atomic mass is 32.1. The number of nitrogens with two attached hydrogens (primary N) is 1. The first-order valence-corrected chi connectivity index (χ1v) is 6.32. The van der Waals surface area contributed by atoms with E-state index in [1.54, 1.807) is 18.4 Å². The van der Waals surface area contributed by atoms with Crippen molar-refractivity contribution in [1.82, 2.24) is 4.98 Å². The molecular formula is C13H16N2OS. The lowest BCUT2D eigenvalue weighted by molar-refractivity contribution is 0.407. The van der Waals surface area contributed by atoms with Gasteiger partial charge in [-0.05, 0) is 19.9 Å². The maximum absolute atomic E-state index is 6.24. The summed E-state index contributed by atoms with van der Waals surface area (Å²) in [5, 5.41) is 3.03. The molecule has 2 rings (SSSR count). The van der Waals surface area contributed by atoms with Crippen molar-refractivity contribution in [2.75, 3.05) is 7.11 Å². The van der Waals surface area contributed by atoms with E-state index in [0.29, 0.717) is 0 Å². The maximum Gasteiger partial charge on any atom is 0.124 e. The number of thiazole rings is 1. The highest BCUT2D eigenvalue weighted by molar-refractivity contribution is 7.09. The monoisotopic (exact) mass is 248 g/mol. The number of aryl methyl sites for hydroxylation is 2. The predicted octanol–water partition coefficient (Wildman–Crippen LogP) is 2.82. The van der Waals surface area contributed by atoms with E-state index >= 15 is 0 Å². The van der Waals surface area contributed by atoms with Gasteiger partial charge in [0, 0.05) is 10.9 Å². The van der Waals surface area contributed by atoms with E-state index in [4.69, 9.17) is 10.5 Å². The molecule has 1 aromatic heterocycles. The highest BCUT2D eigenvalue weighted by Gasteiger charge is 2.16. The number of rotatable bonds is 3. The first-order chi connectivity index (χ1) is 8.11. The molecule has 0 saturated heterocycles. The summed E-state index contributed by atoms with van der Waals surface area (Å²) in [6.07, 6.45) is 0. The molecule has 0 saturated carbocycles. The van der Waals surface area contributed by atoms with E-state index in [0.717, 1.165) is 22.0 Å². The number of hydrogen-bond acceptors (Lipinski definition) is 4. The van der Waals surface area contributed by atoms with Gasteiger partial charge < -0.3 is 10.5 Å². The van der Waals surface area contributed by atoms with Crippen LogP contribution < -0.4 is 10.5 Å². The topological polar surface area (TPSA) is 48.1 Å². The van der Waals surface area contributed by atoms with Crippen LogP contribution in [0.3, 0.4) is 0 Å². The Bertz CT molecular complexity index is 522. The fourth-order valence-electron chi connectivity index (χ4n) is 1.78. The maximum atomic E-state index is 6.24. The second-order valence-electron chi connectivity index (χ2n) is 4.01. The van der Waals surface area contributed by atoms with Gasteiger partial charge in [0.2, 0.25) is 0 Å². The molecule has 1 unspecified atom stereocenters. The third-order valence-electron chi connectivity index (χ3n) is 2.68. The molecule has 0 fully saturated rings. The lowest BCUT2D eigenvalue weighted by Crippen LogP contribution is -2.13. The summed E-state index contributed by atoms with van der Waals surface area (Å²) in [5.41, 5.74) is 9.29. The number of benzene rings is 1. The van der Waals surface area contributed by atoms with Crippen LogP contribution in [0.5, 0.6) is 5.75 Å². The summed E-state index contributed by atoms with van der Waals surface area (Å²) in [4.78, 5) is 4.43. The van der Waals surface area contributed by atoms with Crippen molar-refractivity contribution >= 4 is 11.3 Å². The molecule has 1 atom stereocenters. The standard InChI is InChI=1S/C13H16N2OS/c1-8-4-5-12(16-3)10(6-8)13(14)11-7-17-9(2)15-11/h4-7,13H,14H2,1-3H3. The molecule has 1 heterocycles. The Kier molecular flexibility index (Phi) is 3.45. The van der Waals surface area contributed by atoms with Crippen molar-refractivity contribution in [2.24, 2.45) is 5.73 Å². The third-order valence-corrected chi connectivity index (χ3v) is 3.47. The summed E-state index contributed by atoms with van der Waals surface area (Å²) in [5.74, 6) is 0.814. The number of methoxy groups -OCH3 is 1. The molecule has 0 aliphatic heterocycles. The van der Waals surface area contributed by atoms with Crippen molar-refractivity contribution in [3.63, 3.8) is 0 Å². The lowest BCUT2D eigenvalue weighted by atomic mass is 10.0. The molecule has 0 amide bonds. The second-order valence-corrected chi connectivity index (χ2v) is 5.08. The second kappa shape index (κ2) is 4.85. The average Bonchev–Trinajstić information content (AvgIpc) is 2.75. The first-order valence-electron chi connectivity index (χ1n) is 5.44. The highest BCUT2D eigenvalue weighted by Crippen LogP contribution is 2.29. The molecular weight excluding hydrogens is 232 g/mol. The number of ether oxygens (including phenoxy) is 1. The van der Waals surface area contributed by atoms with Gasteiger partial charge in [-0.1, -0.05) is 17.7 Å². The van der Waals surface area contributed by atoms with Crippen molar-refractivity contribution in [2.45, 2.75) is 19.9 Å². The van der Waals surface area contributed by atoms with Crippen molar-refractivity contribution in [3.05, 3.63) is 45.4 Å². The van der Waals surface area contributed by atoms with Crippen LogP contribution in [0, 0.1) is 13.8 Å². The average molecular weight is 248 g/mol. The zero-order chi connectivity index (χ0) is 12.4. The Labute approximate surface area is 105 Å². The largest absolute Gasteiger partial charge is 0.496 e. The smallest absolute Gasteiger partial charge is 0.124 e. The molecule has 90 valence electrons. The van der Waals surface area contributed by atoms with Crippen LogP contribution in [0.25, 0.3) is 0 Å². The summed E-state index contributed by atoms with van der Waals surface area (Å²) >= 11 is 1.61. The molecule has 0 spiro atoms. The van der Waals surface area contributed by atoms with E-state index in [1.807, 2.05) is 31.4 Å². The Hall–Kier alpha value is -1.39. The Morgan fingerprint density at radius 3 is 2.71 bits per heavy atom. The molecule has 1 aromatic carbocycles. The molecule has 2 N–H and O–H groups in total. The summed E-state index contributed by atoms with van der Waals surface area (Å²) in [6, 6.07) is 5.79. The Morgan fingerprint density at radius 1 is 1.35 bits per heavy atom. The van der Waals surface area contributed by atoms with Gasteiger partial charge in [0.25, 0.3) is 0 Å². The van der Waals surface area contributed by atoms with Gasteiger partial charge in [-0.3, -0.25) is 0 Å². The van der Waals surface area contributed by atoms with Gasteiger partial charge in [0.15, 0.2) is 0 Å². The van der Waals surface area contributed by atoms with Gasteiger partial charge in [0.05, 0.1) is 23.9 Å². The minimum absolute atomic E-state index is 0.227. The molecule has 3 nitrogen and oxygen atoms in total. The van der Waals surface area contributed by atoms with Crippen LogP contribution in [0.4, 0.5) is 0 Å². The number of hydrogen-bond donors (Lipinski definition) is 1. The van der Waals surface area contributed by atoms with Crippen molar-refractivity contribution in [3.8, 4) is 5.75 Å². The summed E-state index contributed by atoms with van der Waals surface area (Å²) in [7, 11) is 1.66. The molecule has 17 heavy (non-hydrogen) atoms. The van der Waals surface area contributed by atoms with Crippen LogP contribution >= 0.6 is 11.3 Å². The number of aromatic nitrogens is 1. The van der Waals surface area contributed by atoms with E-state index in [1.165, 1.54) is 5.56 Å². The van der Waals surface area contributed by atoms with Gasteiger partial charge in [-0.15, -0.1) is 11.3 Å². The van der Waals surface area contributed by atoms with Gasteiger partial charge >= 0.3 is 0 Å². The zero-order valence-electron chi connectivity index (χ0n) is 10.2. The van der Waals surface area contributed by atoms with Crippen molar-refractivity contribution < 1.29 is 4.74 Å². The van der Waals surface area contributed by atoms with E-state index in [2.05, 4.69) is 11.1 Å². The van der Waals surface area contributed by atoms with E-state index in [9.17, 15) is 0 Å². The summed E-state index contributed by atoms with van der Waals surface area (Å²) in [6.45, 7) is 4.02. The quantitative estimate of drug-likeness (QED) is 0.908. The molecule has 0 aliphatic carbocycles. The SMILES string of the molecule is COc1ccc(C)cc1C(N)c1csc(C)n1. The predicted molar refractivity (Wildman–Crippen MR) is 70.6 cm³/mol. The molecule has 0 aliphatic rings. The fourth-order valence-corrected chi connectivity index (χ4v) is 2.43. The van der Waals surface area contributed by atoms with Crippen LogP contribution in [-0.4, -0.2) is 12.1 Å². The minimum atomic E-state index is -0.227. The molecule has 0 radical (unpaired) electrons. The van der Waals surface area contributed by atoms with Crippen LogP contribution in [0.1, 0.15) is 27.9 Å². The summed E-state index contributed by atoms with van der Waals surface area (Å²) < 4.78 is 5.35. The van der Waals surface area contributed by atoms with Crippen LogP contribution in [-0.2, 0) is 0 Å². The molecule has 2 aromatic rings. The molecule has 4 heteroatoms. The van der Waals surface area contributed by atoms with Crippen molar-refractivity contribution in [1.29, 1.82) is 0 Å². The normalized spacial score (nSPS) is 12.5. The minimum Gasteiger partial charge on any atom is -0.496 e. The Balaban J connectivity index is 2.42. The molecule has 0 bridgehead atoms. The van der Waals surface area contributed by atoms with Gasteiger partial charge in [-0.2, -0.15) is 0 Å². The fraction of sp³-hybridized carbons (Fsp3) is 0.308. The first kappa shape index (κ1) is 12.1.